The maximum atomic E-state index is 13.4. The molecule has 0 atom stereocenters. The van der Waals surface area contributed by atoms with Gasteiger partial charge in [0, 0.05) is 17.1 Å². The van der Waals surface area contributed by atoms with Gasteiger partial charge in [0.05, 0.1) is 18.3 Å². The molecule has 37 heavy (non-hydrogen) atoms. The van der Waals surface area contributed by atoms with Crippen molar-refractivity contribution in [2.75, 3.05) is 23.9 Å². The predicted molar refractivity (Wildman–Crippen MR) is 143 cm³/mol. The number of esters is 1. The molecule has 0 aliphatic carbocycles. The lowest BCUT2D eigenvalue weighted by molar-refractivity contribution is -0.136. The van der Waals surface area contributed by atoms with E-state index in [1.165, 1.54) is 12.0 Å². The largest absolute Gasteiger partial charge is 0.484 e. The van der Waals surface area contributed by atoms with Crippen molar-refractivity contribution in [3.63, 3.8) is 0 Å². The fraction of sp³-hybridized carbons (Fsp3) is 0.167. The highest BCUT2D eigenvalue weighted by atomic mass is 16.5. The fourth-order valence-electron chi connectivity index (χ4n) is 4.07. The molecule has 3 aromatic carbocycles. The first-order valence-corrected chi connectivity index (χ1v) is 11.8. The normalized spacial score (nSPS) is 14.2. The van der Waals surface area contributed by atoms with Crippen LogP contribution in [0, 0.1) is 13.8 Å². The van der Waals surface area contributed by atoms with Crippen LogP contribution < -0.4 is 15.0 Å². The zero-order chi connectivity index (χ0) is 26.5. The summed E-state index contributed by atoms with van der Waals surface area (Å²) in [6.45, 7) is 5.50. The number of hydrogen-bond donors (Lipinski definition) is 1. The third-order valence-corrected chi connectivity index (χ3v) is 5.95. The maximum absolute atomic E-state index is 13.4. The molecule has 0 spiro atoms. The fourth-order valence-corrected chi connectivity index (χ4v) is 4.07. The minimum absolute atomic E-state index is 0.146. The Kier molecular flexibility index (Phi) is 7.53. The molecule has 1 aliphatic heterocycles. The molecule has 0 saturated carbocycles. The van der Waals surface area contributed by atoms with E-state index in [2.05, 4.69) is 5.32 Å². The summed E-state index contributed by atoms with van der Waals surface area (Å²) in [6, 6.07) is 21.9. The average Bonchev–Trinajstić information content (AvgIpc) is 3.13. The summed E-state index contributed by atoms with van der Waals surface area (Å²) in [6.07, 6.45) is 1.65. The van der Waals surface area contributed by atoms with Gasteiger partial charge in [-0.05, 0) is 74.4 Å². The Balaban J connectivity index is 1.50. The van der Waals surface area contributed by atoms with Gasteiger partial charge < -0.3 is 14.8 Å². The monoisotopic (exact) mass is 496 g/mol. The molecule has 188 valence electrons. The first kappa shape index (κ1) is 25.4. The van der Waals surface area contributed by atoms with Crippen molar-refractivity contribution in [1.82, 2.24) is 0 Å². The van der Waals surface area contributed by atoms with Crippen molar-refractivity contribution in [3.05, 3.63) is 106 Å². The van der Waals surface area contributed by atoms with E-state index in [1.54, 1.807) is 37.3 Å². The summed E-state index contributed by atoms with van der Waals surface area (Å²) < 4.78 is 10.6. The molecule has 0 fully saturated rings. The Morgan fingerprint density at radius 1 is 0.919 bits per heavy atom. The Hall–Kier alpha value is -4.65. The molecule has 0 bridgehead atoms. The summed E-state index contributed by atoms with van der Waals surface area (Å²) in [5.74, 6) is -0.658. The van der Waals surface area contributed by atoms with Gasteiger partial charge in [-0.25, -0.2) is 4.79 Å². The van der Waals surface area contributed by atoms with E-state index in [9.17, 15) is 14.4 Å². The molecule has 0 saturated heterocycles. The molecule has 2 amide bonds. The summed E-state index contributed by atoms with van der Waals surface area (Å²) in [4.78, 5) is 39.7. The van der Waals surface area contributed by atoms with Gasteiger partial charge in [-0.15, -0.1) is 0 Å². The zero-order valence-electron chi connectivity index (χ0n) is 21.2. The van der Waals surface area contributed by atoms with Crippen LogP contribution in [0.1, 0.15) is 23.6 Å². The van der Waals surface area contributed by atoms with Crippen LogP contribution in [-0.2, 0) is 19.1 Å². The van der Waals surface area contributed by atoms with Gasteiger partial charge in [-0.1, -0.05) is 42.0 Å². The van der Waals surface area contributed by atoms with E-state index in [0.29, 0.717) is 28.4 Å². The molecule has 1 aliphatic rings. The quantitative estimate of drug-likeness (QED) is 0.359. The number of hydrogen-bond acceptors (Lipinski definition) is 5. The van der Waals surface area contributed by atoms with E-state index in [0.717, 1.165) is 11.1 Å². The van der Waals surface area contributed by atoms with Crippen molar-refractivity contribution >= 4 is 35.2 Å². The van der Waals surface area contributed by atoms with Gasteiger partial charge in [0.25, 0.3) is 11.8 Å². The Bertz CT molecular complexity index is 1400. The van der Waals surface area contributed by atoms with Gasteiger partial charge in [0.2, 0.25) is 0 Å². The van der Waals surface area contributed by atoms with Crippen LogP contribution in [0.25, 0.3) is 6.08 Å². The number of ether oxygens (including phenoxy) is 2. The minimum atomic E-state index is -0.577. The number of carbonyl (C=O) groups excluding carboxylic acids is 3. The Labute approximate surface area is 216 Å². The molecular weight excluding hydrogens is 468 g/mol. The standard InChI is InChI=1S/C30H28N2O5/c1-19-8-12-23(13-9-19)31-27(33)18-37-25-14-10-22(11-15-25)17-26-28(30(35)36-4)21(3)32(29(26)34)24-7-5-6-20(2)16-24/h5-17H,18H2,1-4H3,(H,31,33)/b26-17-. The third-order valence-electron chi connectivity index (χ3n) is 5.95. The molecular formula is C30H28N2O5. The molecule has 1 heterocycles. The lowest BCUT2D eigenvalue weighted by Gasteiger charge is -2.18. The number of nitrogens with zero attached hydrogens (tertiary/aromatic N) is 1. The number of allylic oxidation sites excluding steroid dienone is 1. The molecule has 3 aromatic rings. The highest BCUT2D eigenvalue weighted by Crippen LogP contribution is 2.35. The minimum Gasteiger partial charge on any atom is -0.484 e. The number of amides is 2. The predicted octanol–water partition coefficient (Wildman–Crippen LogP) is 5.20. The highest BCUT2D eigenvalue weighted by Gasteiger charge is 2.37. The molecule has 7 nitrogen and oxygen atoms in total. The van der Waals surface area contributed by atoms with Gasteiger partial charge >= 0.3 is 5.97 Å². The number of aryl methyl sites for hydroxylation is 2. The SMILES string of the molecule is COC(=O)C1=C(C)N(c2cccc(C)c2)C(=O)/C1=C\c1ccc(OCC(=O)Nc2ccc(C)cc2)cc1. The molecule has 7 heteroatoms. The van der Waals surface area contributed by atoms with Crippen molar-refractivity contribution in [2.45, 2.75) is 20.8 Å². The lowest BCUT2D eigenvalue weighted by atomic mass is 10.0. The topological polar surface area (TPSA) is 84.9 Å². The second kappa shape index (κ2) is 11.0. The molecule has 0 radical (unpaired) electrons. The Morgan fingerprint density at radius 3 is 2.27 bits per heavy atom. The highest BCUT2D eigenvalue weighted by molar-refractivity contribution is 6.23. The van der Waals surface area contributed by atoms with E-state index < -0.39 is 5.97 Å². The third kappa shape index (κ3) is 5.78. The van der Waals surface area contributed by atoms with E-state index in [-0.39, 0.29) is 29.6 Å². The van der Waals surface area contributed by atoms with Crippen molar-refractivity contribution < 1.29 is 23.9 Å². The van der Waals surface area contributed by atoms with E-state index in [1.807, 2.05) is 62.4 Å². The first-order valence-electron chi connectivity index (χ1n) is 11.8. The summed E-state index contributed by atoms with van der Waals surface area (Å²) in [7, 11) is 1.29. The van der Waals surface area contributed by atoms with E-state index >= 15 is 0 Å². The molecule has 1 N–H and O–H groups in total. The smallest absolute Gasteiger partial charge is 0.340 e. The van der Waals surface area contributed by atoms with Crippen LogP contribution in [0.4, 0.5) is 11.4 Å². The van der Waals surface area contributed by atoms with Crippen molar-refractivity contribution in [3.8, 4) is 5.75 Å². The summed E-state index contributed by atoms with van der Waals surface area (Å²) in [5.41, 5.74) is 5.16. The van der Waals surface area contributed by atoms with Gasteiger partial charge in [-0.2, -0.15) is 0 Å². The number of carbonyl (C=O) groups is 3. The van der Waals surface area contributed by atoms with Crippen LogP contribution in [0.3, 0.4) is 0 Å². The number of benzene rings is 3. The lowest BCUT2D eigenvalue weighted by Crippen LogP contribution is -2.24. The Morgan fingerprint density at radius 2 is 1.62 bits per heavy atom. The maximum Gasteiger partial charge on any atom is 0.340 e. The second-order valence-corrected chi connectivity index (χ2v) is 8.76. The van der Waals surface area contributed by atoms with Crippen molar-refractivity contribution in [2.24, 2.45) is 0 Å². The molecule has 4 rings (SSSR count). The summed E-state index contributed by atoms with van der Waals surface area (Å²) >= 11 is 0. The van der Waals surface area contributed by atoms with Crippen LogP contribution in [-0.4, -0.2) is 31.5 Å². The number of nitrogens with one attached hydrogen (secondary N) is 1. The number of rotatable bonds is 7. The summed E-state index contributed by atoms with van der Waals surface area (Å²) in [5, 5.41) is 2.79. The first-order chi connectivity index (χ1) is 17.8. The van der Waals surface area contributed by atoms with E-state index in [4.69, 9.17) is 9.47 Å². The van der Waals surface area contributed by atoms with Crippen LogP contribution in [0.15, 0.2) is 89.6 Å². The average molecular weight is 497 g/mol. The number of methoxy groups -OCH3 is 1. The van der Waals surface area contributed by atoms with Gasteiger partial charge in [0.15, 0.2) is 6.61 Å². The van der Waals surface area contributed by atoms with Crippen LogP contribution >= 0.6 is 0 Å². The van der Waals surface area contributed by atoms with Gasteiger partial charge in [0.1, 0.15) is 5.75 Å². The van der Waals surface area contributed by atoms with Crippen molar-refractivity contribution in [1.29, 1.82) is 0 Å². The molecule has 0 aromatic heterocycles. The number of anilines is 2. The van der Waals surface area contributed by atoms with Crippen LogP contribution in [0.2, 0.25) is 0 Å². The van der Waals surface area contributed by atoms with Gasteiger partial charge in [-0.3, -0.25) is 14.5 Å². The second-order valence-electron chi connectivity index (χ2n) is 8.76. The van der Waals surface area contributed by atoms with Crippen LogP contribution in [0.5, 0.6) is 5.75 Å². The zero-order valence-corrected chi connectivity index (χ0v) is 21.2. The molecule has 0 unspecified atom stereocenters.